The Hall–Kier alpha value is -2.56. The first-order valence-corrected chi connectivity index (χ1v) is 10.1. The van der Waals surface area contributed by atoms with Crippen LogP contribution >= 0.6 is 0 Å². The maximum Gasteiger partial charge on any atom is 0.458 e. The minimum atomic E-state index is -5.89. The van der Waals surface area contributed by atoms with Gasteiger partial charge < -0.3 is 14.7 Å². The van der Waals surface area contributed by atoms with Gasteiger partial charge >= 0.3 is 18.3 Å². The van der Waals surface area contributed by atoms with Crippen LogP contribution in [0.5, 0.6) is 5.75 Å². The molecule has 0 aromatic heterocycles. The molecule has 2 aromatic rings. The first kappa shape index (κ1) is 25.1. The number of hydrogen-bond donors (Lipinski definition) is 1. The van der Waals surface area contributed by atoms with E-state index in [9.17, 15) is 40.2 Å². The molecule has 0 spiro atoms. The lowest BCUT2D eigenvalue weighted by atomic mass is 10.1. The molecule has 1 atom stereocenters. The SMILES string of the molecule is OC(CN(c1cccc(OC2CCCC2)c1)c1cccc(C(F)(F)C(F)(F)F)c1)C(F)(F)F. The molecule has 11 heteroatoms. The van der Waals surface area contributed by atoms with Gasteiger partial charge in [0.05, 0.1) is 12.6 Å². The van der Waals surface area contributed by atoms with E-state index in [0.29, 0.717) is 17.9 Å². The number of halogens is 8. The highest BCUT2D eigenvalue weighted by molar-refractivity contribution is 5.65. The van der Waals surface area contributed by atoms with Crippen molar-refractivity contribution in [3.8, 4) is 5.75 Å². The topological polar surface area (TPSA) is 32.7 Å². The molecule has 33 heavy (non-hydrogen) atoms. The number of ether oxygens (including phenoxy) is 1. The quantitative estimate of drug-likeness (QED) is 0.444. The van der Waals surface area contributed by atoms with Crippen LogP contribution in [0.2, 0.25) is 0 Å². The van der Waals surface area contributed by atoms with Gasteiger partial charge in [-0.05, 0) is 49.9 Å². The molecule has 2 aromatic carbocycles. The van der Waals surface area contributed by atoms with Crippen molar-refractivity contribution < 1.29 is 45.0 Å². The fourth-order valence-electron chi connectivity index (χ4n) is 3.59. The molecule has 0 radical (unpaired) electrons. The molecule has 1 fully saturated rings. The maximum atomic E-state index is 13.9. The molecular weight excluding hydrogens is 462 g/mol. The summed E-state index contributed by atoms with van der Waals surface area (Å²) in [6, 6.07) is 8.69. The monoisotopic (exact) mass is 483 g/mol. The van der Waals surface area contributed by atoms with E-state index in [2.05, 4.69) is 0 Å². The average Bonchev–Trinajstić information content (AvgIpc) is 3.23. The summed E-state index contributed by atoms with van der Waals surface area (Å²) >= 11 is 0. The molecule has 3 nitrogen and oxygen atoms in total. The zero-order chi connectivity index (χ0) is 24.4. The van der Waals surface area contributed by atoms with Gasteiger partial charge in [-0.2, -0.15) is 35.1 Å². The van der Waals surface area contributed by atoms with Gasteiger partial charge in [0.15, 0.2) is 6.10 Å². The summed E-state index contributed by atoms with van der Waals surface area (Å²) in [6.45, 7) is -1.13. The summed E-state index contributed by atoms with van der Waals surface area (Å²) in [5.74, 6) is -4.91. The minimum absolute atomic E-state index is 0.0290. The third kappa shape index (κ3) is 5.87. The Labute approximate surface area is 184 Å². The lowest BCUT2D eigenvalue weighted by Gasteiger charge is -2.30. The van der Waals surface area contributed by atoms with Crippen molar-refractivity contribution in [2.75, 3.05) is 11.4 Å². The van der Waals surface area contributed by atoms with Crippen LogP contribution in [-0.2, 0) is 5.92 Å². The van der Waals surface area contributed by atoms with Crippen molar-refractivity contribution in [3.63, 3.8) is 0 Å². The fourth-order valence-corrected chi connectivity index (χ4v) is 3.59. The van der Waals surface area contributed by atoms with Gasteiger partial charge in [0.1, 0.15) is 5.75 Å². The van der Waals surface area contributed by atoms with Crippen LogP contribution in [0.1, 0.15) is 31.2 Å². The molecule has 0 bridgehead atoms. The lowest BCUT2D eigenvalue weighted by molar-refractivity contribution is -0.289. The lowest BCUT2D eigenvalue weighted by Crippen LogP contribution is -2.39. The molecule has 0 amide bonds. The second kappa shape index (κ2) is 9.36. The number of hydrogen-bond acceptors (Lipinski definition) is 3. The third-order valence-corrected chi connectivity index (χ3v) is 5.34. The first-order chi connectivity index (χ1) is 15.3. The molecule has 1 unspecified atom stereocenters. The van der Waals surface area contributed by atoms with Gasteiger partial charge in [0.2, 0.25) is 0 Å². The Bertz CT molecular complexity index is 938. The van der Waals surface area contributed by atoms with Gasteiger partial charge in [-0.15, -0.1) is 0 Å². The molecule has 182 valence electrons. The molecular formula is C22H21F8NO2. The number of aliphatic hydroxyl groups is 1. The van der Waals surface area contributed by atoms with Crippen LogP contribution < -0.4 is 9.64 Å². The fraction of sp³-hybridized carbons (Fsp3) is 0.455. The number of rotatable bonds is 7. The summed E-state index contributed by atoms with van der Waals surface area (Å²) in [5.41, 5.74) is -1.78. The normalized spacial score (nSPS) is 16.6. The number of benzene rings is 2. The second-order valence-corrected chi connectivity index (χ2v) is 7.81. The predicted octanol–water partition coefficient (Wildman–Crippen LogP) is 6.72. The average molecular weight is 483 g/mol. The highest BCUT2D eigenvalue weighted by Crippen LogP contribution is 2.45. The number of anilines is 2. The minimum Gasteiger partial charge on any atom is -0.490 e. The maximum absolute atomic E-state index is 13.9. The van der Waals surface area contributed by atoms with Crippen LogP contribution in [-0.4, -0.2) is 36.2 Å². The van der Waals surface area contributed by atoms with Gasteiger partial charge in [0.25, 0.3) is 0 Å². The zero-order valence-corrected chi connectivity index (χ0v) is 17.1. The Balaban J connectivity index is 2.00. The van der Waals surface area contributed by atoms with E-state index >= 15 is 0 Å². The van der Waals surface area contributed by atoms with Crippen molar-refractivity contribution in [1.82, 2.24) is 0 Å². The molecule has 1 aliphatic carbocycles. The van der Waals surface area contributed by atoms with Crippen molar-refractivity contribution in [2.24, 2.45) is 0 Å². The molecule has 0 heterocycles. The summed E-state index contributed by atoms with van der Waals surface area (Å²) < 4.78 is 111. The summed E-state index contributed by atoms with van der Waals surface area (Å²) in [6.07, 6.45) is -10.4. The van der Waals surface area contributed by atoms with E-state index in [1.165, 1.54) is 18.2 Å². The Morgan fingerprint density at radius 2 is 1.45 bits per heavy atom. The van der Waals surface area contributed by atoms with Crippen molar-refractivity contribution in [1.29, 1.82) is 0 Å². The Morgan fingerprint density at radius 1 is 0.879 bits per heavy atom. The van der Waals surface area contributed by atoms with Gasteiger partial charge in [-0.25, -0.2) is 0 Å². The number of aliphatic hydroxyl groups excluding tert-OH is 1. The molecule has 1 N–H and O–H groups in total. The molecule has 3 rings (SSSR count). The van der Waals surface area contributed by atoms with Gasteiger partial charge in [-0.3, -0.25) is 0 Å². The van der Waals surface area contributed by atoms with Crippen molar-refractivity contribution in [3.05, 3.63) is 54.1 Å². The van der Waals surface area contributed by atoms with Gasteiger partial charge in [0, 0.05) is 23.0 Å². The van der Waals surface area contributed by atoms with E-state index in [0.717, 1.165) is 42.7 Å². The summed E-state index contributed by atoms with van der Waals surface area (Å²) in [5, 5.41) is 9.61. The highest BCUT2D eigenvalue weighted by atomic mass is 19.4. The third-order valence-electron chi connectivity index (χ3n) is 5.34. The highest BCUT2D eigenvalue weighted by Gasteiger charge is 2.58. The predicted molar refractivity (Wildman–Crippen MR) is 105 cm³/mol. The van der Waals surface area contributed by atoms with Gasteiger partial charge in [-0.1, -0.05) is 18.2 Å². The van der Waals surface area contributed by atoms with E-state index in [4.69, 9.17) is 4.74 Å². The van der Waals surface area contributed by atoms with E-state index in [-0.39, 0.29) is 17.5 Å². The largest absolute Gasteiger partial charge is 0.490 e. The smallest absolute Gasteiger partial charge is 0.458 e. The Kier molecular flexibility index (Phi) is 7.11. The van der Waals surface area contributed by atoms with Crippen LogP contribution in [0, 0.1) is 0 Å². The zero-order valence-electron chi connectivity index (χ0n) is 17.1. The first-order valence-electron chi connectivity index (χ1n) is 10.1. The standard InChI is InChI=1S/C22H21F8NO2/c23-20(24,22(28,29)30)14-5-3-6-15(11-14)31(13-19(32)21(25,26)27)16-7-4-10-18(12-16)33-17-8-1-2-9-17/h3-7,10-12,17,19,32H,1-2,8-9,13H2. The van der Waals surface area contributed by atoms with Crippen LogP contribution in [0.15, 0.2) is 48.5 Å². The number of alkyl halides is 8. The van der Waals surface area contributed by atoms with E-state index in [1.807, 2.05) is 0 Å². The summed E-state index contributed by atoms with van der Waals surface area (Å²) in [7, 11) is 0. The second-order valence-electron chi connectivity index (χ2n) is 7.81. The molecule has 1 saturated carbocycles. The van der Waals surface area contributed by atoms with E-state index in [1.54, 1.807) is 6.07 Å². The van der Waals surface area contributed by atoms with Crippen LogP contribution in [0.25, 0.3) is 0 Å². The molecule has 1 aliphatic rings. The van der Waals surface area contributed by atoms with E-state index < -0.39 is 36.5 Å². The summed E-state index contributed by atoms with van der Waals surface area (Å²) in [4.78, 5) is 0.829. The molecule has 0 aliphatic heterocycles. The van der Waals surface area contributed by atoms with Crippen LogP contribution in [0.4, 0.5) is 46.5 Å². The van der Waals surface area contributed by atoms with Crippen LogP contribution in [0.3, 0.4) is 0 Å². The van der Waals surface area contributed by atoms with Crippen molar-refractivity contribution >= 4 is 11.4 Å². The van der Waals surface area contributed by atoms with Crippen molar-refractivity contribution in [2.45, 2.75) is 56.2 Å². The number of nitrogens with zero attached hydrogens (tertiary/aromatic N) is 1. The molecule has 0 saturated heterocycles. The Morgan fingerprint density at radius 3 is 2.03 bits per heavy atom.